The number of nitrogens with zero attached hydrogens (tertiary/aromatic N) is 1. The maximum absolute atomic E-state index is 12.6. The smallest absolute Gasteiger partial charge is 0.307 e. The molecular weight excluding hydrogens is 380 g/mol. The molecule has 1 atom stereocenters. The van der Waals surface area contributed by atoms with E-state index in [4.69, 9.17) is 4.74 Å². The Hall–Kier alpha value is -2.71. The standard InChI is InChI=1S/C20H24N2O5S/c1-14-5-7-15(8-6-14)18(13-19(23)27-4)21-20(24)16-9-11-17(12-10-16)28(25,26)22(2)3/h5-12,18H,13H2,1-4H3,(H,21,24)/t18-/m0/s1. The van der Waals surface area contributed by atoms with E-state index >= 15 is 0 Å². The molecule has 0 heterocycles. The lowest BCUT2D eigenvalue weighted by Gasteiger charge is -2.19. The van der Waals surface area contributed by atoms with Gasteiger partial charge in [-0.25, -0.2) is 12.7 Å². The Balaban J connectivity index is 2.23. The van der Waals surface area contributed by atoms with Gasteiger partial charge in [-0.2, -0.15) is 0 Å². The van der Waals surface area contributed by atoms with Crippen molar-refractivity contribution in [3.05, 3.63) is 65.2 Å². The van der Waals surface area contributed by atoms with Crippen molar-refractivity contribution in [2.24, 2.45) is 0 Å². The van der Waals surface area contributed by atoms with Crippen LogP contribution in [0, 0.1) is 6.92 Å². The number of rotatable bonds is 7. The fourth-order valence-electron chi connectivity index (χ4n) is 2.53. The van der Waals surface area contributed by atoms with Crippen LogP contribution in [0.5, 0.6) is 0 Å². The fraction of sp³-hybridized carbons (Fsp3) is 0.300. The average Bonchev–Trinajstić information content (AvgIpc) is 2.67. The average molecular weight is 404 g/mol. The third-order valence-electron chi connectivity index (χ3n) is 4.28. The van der Waals surface area contributed by atoms with E-state index in [0.717, 1.165) is 15.4 Å². The summed E-state index contributed by atoms with van der Waals surface area (Å²) in [6.45, 7) is 1.95. The van der Waals surface area contributed by atoms with Crippen LogP contribution >= 0.6 is 0 Å². The van der Waals surface area contributed by atoms with Crippen LogP contribution in [0.4, 0.5) is 0 Å². The Morgan fingerprint density at radius 2 is 1.61 bits per heavy atom. The second-order valence-corrected chi connectivity index (χ2v) is 8.68. The van der Waals surface area contributed by atoms with E-state index in [1.165, 1.54) is 45.5 Å². The highest BCUT2D eigenvalue weighted by Crippen LogP contribution is 2.20. The monoisotopic (exact) mass is 404 g/mol. The summed E-state index contributed by atoms with van der Waals surface area (Å²) >= 11 is 0. The number of hydrogen-bond acceptors (Lipinski definition) is 5. The lowest BCUT2D eigenvalue weighted by Crippen LogP contribution is -2.30. The quantitative estimate of drug-likeness (QED) is 0.715. The summed E-state index contributed by atoms with van der Waals surface area (Å²) in [4.78, 5) is 24.5. The second kappa shape index (κ2) is 8.99. The molecule has 0 aromatic heterocycles. The van der Waals surface area contributed by atoms with Gasteiger partial charge in [0.15, 0.2) is 0 Å². The number of hydrogen-bond donors (Lipinski definition) is 1. The molecule has 0 aliphatic heterocycles. The maximum Gasteiger partial charge on any atom is 0.307 e. The van der Waals surface area contributed by atoms with Crippen molar-refractivity contribution in [1.29, 1.82) is 0 Å². The van der Waals surface area contributed by atoms with E-state index in [1.807, 2.05) is 31.2 Å². The number of aryl methyl sites for hydroxylation is 1. The van der Waals surface area contributed by atoms with E-state index in [9.17, 15) is 18.0 Å². The number of carbonyl (C=O) groups excluding carboxylic acids is 2. The highest BCUT2D eigenvalue weighted by atomic mass is 32.2. The molecule has 7 nitrogen and oxygen atoms in total. The third-order valence-corrected chi connectivity index (χ3v) is 6.11. The minimum absolute atomic E-state index is 0.0155. The predicted molar refractivity (Wildman–Crippen MR) is 105 cm³/mol. The van der Waals surface area contributed by atoms with Crippen LogP contribution in [-0.4, -0.2) is 45.8 Å². The van der Waals surface area contributed by atoms with Crippen molar-refractivity contribution in [2.45, 2.75) is 24.3 Å². The zero-order valence-corrected chi connectivity index (χ0v) is 17.1. The van der Waals surface area contributed by atoms with Gasteiger partial charge in [-0.3, -0.25) is 9.59 Å². The highest BCUT2D eigenvalue weighted by Gasteiger charge is 2.21. The summed E-state index contributed by atoms with van der Waals surface area (Å²) in [5, 5.41) is 2.82. The summed E-state index contributed by atoms with van der Waals surface area (Å²) in [7, 11) is 0.602. The number of nitrogens with one attached hydrogen (secondary N) is 1. The lowest BCUT2D eigenvalue weighted by atomic mass is 10.0. The Morgan fingerprint density at radius 1 is 1.04 bits per heavy atom. The molecule has 1 N–H and O–H groups in total. The van der Waals surface area contributed by atoms with Gasteiger partial charge in [0.05, 0.1) is 24.5 Å². The molecule has 0 saturated heterocycles. The van der Waals surface area contributed by atoms with Crippen LogP contribution in [0.1, 0.15) is 33.9 Å². The molecule has 2 rings (SSSR count). The molecule has 150 valence electrons. The molecule has 2 aromatic rings. The topological polar surface area (TPSA) is 92.8 Å². The Kier molecular flexibility index (Phi) is 6.93. The van der Waals surface area contributed by atoms with Gasteiger partial charge in [0.25, 0.3) is 5.91 Å². The number of benzene rings is 2. The summed E-state index contributed by atoms with van der Waals surface area (Å²) in [5.74, 6) is -0.860. The van der Waals surface area contributed by atoms with Crippen molar-refractivity contribution >= 4 is 21.9 Å². The van der Waals surface area contributed by atoms with Gasteiger partial charge in [0, 0.05) is 19.7 Å². The van der Waals surface area contributed by atoms with Crippen molar-refractivity contribution < 1.29 is 22.7 Å². The zero-order valence-electron chi connectivity index (χ0n) is 16.3. The molecule has 2 aromatic carbocycles. The van der Waals surface area contributed by atoms with E-state index < -0.39 is 27.9 Å². The predicted octanol–water partition coefficient (Wildman–Crippen LogP) is 2.28. The minimum Gasteiger partial charge on any atom is -0.469 e. The third kappa shape index (κ3) is 5.17. The van der Waals surface area contributed by atoms with Gasteiger partial charge in [0.2, 0.25) is 10.0 Å². The van der Waals surface area contributed by atoms with Crippen molar-refractivity contribution in [3.63, 3.8) is 0 Å². The molecule has 0 saturated carbocycles. The van der Waals surface area contributed by atoms with Crippen LogP contribution in [0.25, 0.3) is 0 Å². The van der Waals surface area contributed by atoms with Crippen LogP contribution in [0.2, 0.25) is 0 Å². The summed E-state index contributed by atoms with van der Waals surface area (Å²) in [5.41, 5.74) is 2.13. The summed E-state index contributed by atoms with van der Waals surface area (Å²) < 4.78 is 30.1. The molecule has 0 fully saturated rings. The number of methoxy groups -OCH3 is 1. The molecule has 0 bridgehead atoms. The molecule has 0 unspecified atom stereocenters. The number of ether oxygens (including phenoxy) is 1. The van der Waals surface area contributed by atoms with Gasteiger partial charge in [0.1, 0.15) is 0 Å². The Morgan fingerprint density at radius 3 is 2.11 bits per heavy atom. The Labute approximate surface area is 165 Å². The maximum atomic E-state index is 12.6. The van der Waals surface area contributed by atoms with Crippen molar-refractivity contribution in [2.75, 3.05) is 21.2 Å². The number of sulfonamides is 1. The molecule has 0 radical (unpaired) electrons. The number of amides is 1. The number of carbonyl (C=O) groups is 2. The van der Waals surface area contributed by atoms with E-state index in [2.05, 4.69) is 5.32 Å². The van der Waals surface area contributed by atoms with Gasteiger partial charge in [-0.05, 0) is 36.8 Å². The zero-order chi connectivity index (χ0) is 20.9. The first-order chi connectivity index (χ1) is 13.1. The van der Waals surface area contributed by atoms with E-state index in [-0.39, 0.29) is 11.3 Å². The molecule has 0 aliphatic rings. The van der Waals surface area contributed by atoms with E-state index in [0.29, 0.717) is 5.56 Å². The Bertz CT molecular complexity index is 936. The van der Waals surface area contributed by atoms with Crippen molar-refractivity contribution in [3.8, 4) is 0 Å². The van der Waals surface area contributed by atoms with Crippen molar-refractivity contribution in [1.82, 2.24) is 9.62 Å². The first-order valence-corrected chi connectivity index (χ1v) is 10.1. The molecular formula is C20H24N2O5S. The molecule has 0 spiro atoms. The molecule has 28 heavy (non-hydrogen) atoms. The fourth-order valence-corrected chi connectivity index (χ4v) is 3.43. The number of esters is 1. The van der Waals surface area contributed by atoms with Crippen LogP contribution in [0.15, 0.2) is 53.4 Å². The van der Waals surface area contributed by atoms with Crippen LogP contribution in [0.3, 0.4) is 0 Å². The second-order valence-electron chi connectivity index (χ2n) is 6.53. The normalized spacial score (nSPS) is 12.5. The molecule has 1 amide bonds. The summed E-state index contributed by atoms with van der Waals surface area (Å²) in [6, 6.07) is 12.6. The van der Waals surface area contributed by atoms with Gasteiger partial charge in [-0.1, -0.05) is 29.8 Å². The molecule has 8 heteroatoms. The first-order valence-electron chi connectivity index (χ1n) is 8.62. The largest absolute Gasteiger partial charge is 0.469 e. The van der Waals surface area contributed by atoms with Gasteiger partial charge < -0.3 is 10.1 Å². The lowest BCUT2D eigenvalue weighted by molar-refractivity contribution is -0.141. The highest BCUT2D eigenvalue weighted by molar-refractivity contribution is 7.89. The van der Waals surface area contributed by atoms with Crippen LogP contribution < -0.4 is 5.32 Å². The van der Waals surface area contributed by atoms with Gasteiger partial charge >= 0.3 is 5.97 Å². The van der Waals surface area contributed by atoms with Crippen LogP contribution in [-0.2, 0) is 19.6 Å². The van der Waals surface area contributed by atoms with E-state index in [1.54, 1.807) is 0 Å². The minimum atomic E-state index is -3.57. The SMILES string of the molecule is COC(=O)C[C@H](NC(=O)c1ccc(S(=O)(=O)N(C)C)cc1)c1ccc(C)cc1. The first kappa shape index (κ1) is 21.6. The summed E-state index contributed by atoms with van der Waals surface area (Å²) in [6.07, 6.45) is -0.0155. The van der Waals surface area contributed by atoms with Gasteiger partial charge in [-0.15, -0.1) is 0 Å². The molecule has 0 aliphatic carbocycles.